The van der Waals surface area contributed by atoms with Crippen molar-refractivity contribution in [3.8, 4) is 16.9 Å². The van der Waals surface area contributed by atoms with Crippen molar-refractivity contribution in [1.82, 2.24) is 19.9 Å². The highest BCUT2D eigenvalue weighted by Crippen LogP contribution is 2.37. The molecule has 2 N–H and O–H groups in total. The van der Waals surface area contributed by atoms with E-state index in [-0.39, 0.29) is 34.1 Å². The first-order valence-electron chi connectivity index (χ1n) is 9.41. The summed E-state index contributed by atoms with van der Waals surface area (Å²) < 4.78 is 20.1. The Bertz CT molecular complexity index is 1230. The molecule has 0 aromatic carbocycles. The van der Waals surface area contributed by atoms with Gasteiger partial charge in [0.05, 0.1) is 36.7 Å². The fourth-order valence-corrected chi connectivity index (χ4v) is 4.54. The van der Waals surface area contributed by atoms with Gasteiger partial charge in [-0.2, -0.15) is 0 Å². The average Bonchev–Trinajstić information content (AvgIpc) is 3.16. The third kappa shape index (κ3) is 4.08. The number of carbonyl (C=O) groups excluding carboxylic acids is 1. The Balaban J connectivity index is 1.69. The highest BCUT2D eigenvalue weighted by Gasteiger charge is 2.26. The minimum Gasteiger partial charge on any atom is -0.494 e. The smallest absolute Gasteiger partial charge is 0.407 e. The van der Waals surface area contributed by atoms with Crippen LogP contribution in [-0.4, -0.2) is 50.6 Å². The molecule has 4 rings (SSSR count). The second kappa shape index (κ2) is 8.67. The molecule has 1 aliphatic rings. The van der Waals surface area contributed by atoms with Crippen molar-refractivity contribution in [2.75, 3.05) is 19.0 Å². The first-order chi connectivity index (χ1) is 15.3. The number of fused-ring (bicyclic) bond motifs is 1. The zero-order chi connectivity index (χ0) is 23.0. The Kier molecular flexibility index (Phi) is 5.94. The molecule has 0 saturated carbocycles. The van der Waals surface area contributed by atoms with Crippen LogP contribution in [0.15, 0.2) is 18.5 Å². The predicted molar refractivity (Wildman–Crippen MR) is 116 cm³/mol. The molecule has 0 fully saturated rings. The zero-order valence-corrected chi connectivity index (χ0v) is 18.6. The number of carbonyl (C=O) groups is 2. The van der Waals surface area contributed by atoms with E-state index in [0.29, 0.717) is 23.8 Å². The summed E-state index contributed by atoms with van der Waals surface area (Å²) in [5.41, 5.74) is 1.64. The number of nitrogens with zero attached hydrogens (tertiary/aromatic N) is 4. The summed E-state index contributed by atoms with van der Waals surface area (Å²) in [7, 11) is 1.36. The van der Waals surface area contributed by atoms with Crippen molar-refractivity contribution in [3.63, 3.8) is 0 Å². The number of thiazole rings is 1. The SMILES string of the molecule is COc1cnc(Cl)c(F)c1-c1cc(C)ncc1C(=O)Nc1nc2c(s1)CN(C(=O)O)CC2. The maximum Gasteiger partial charge on any atom is 0.407 e. The minimum absolute atomic E-state index is 0.00122. The van der Waals surface area contributed by atoms with Gasteiger partial charge in [0, 0.05) is 35.3 Å². The number of halogens is 2. The van der Waals surface area contributed by atoms with Crippen molar-refractivity contribution in [3.05, 3.63) is 51.3 Å². The number of nitrogens with one attached hydrogen (secondary N) is 1. The van der Waals surface area contributed by atoms with E-state index in [0.717, 1.165) is 10.6 Å². The molecule has 0 radical (unpaired) electrons. The zero-order valence-electron chi connectivity index (χ0n) is 17.0. The van der Waals surface area contributed by atoms with Crippen molar-refractivity contribution >= 4 is 40.1 Å². The second-order valence-corrected chi connectivity index (χ2v) is 8.42. The predicted octanol–water partition coefficient (Wildman–Crippen LogP) is 4.00. The molecule has 166 valence electrons. The molecule has 4 heterocycles. The van der Waals surface area contributed by atoms with Gasteiger partial charge >= 0.3 is 6.09 Å². The number of ether oxygens (including phenoxy) is 1. The molecule has 0 atom stereocenters. The van der Waals surface area contributed by atoms with Gasteiger partial charge in [0.2, 0.25) is 0 Å². The maximum atomic E-state index is 14.9. The number of hydrogen-bond acceptors (Lipinski definition) is 7. The van der Waals surface area contributed by atoms with E-state index in [1.165, 1.54) is 35.7 Å². The van der Waals surface area contributed by atoms with Crippen molar-refractivity contribution in [1.29, 1.82) is 0 Å². The molecule has 0 bridgehead atoms. The number of methoxy groups -OCH3 is 1. The summed E-state index contributed by atoms with van der Waals surface area (Å²) in [6.07, 6.45) is 2.08. The van der Waals surface area contributed by atoms with Gasteiger partial charge < -0.3 is 14.7 Å². The lowest BCUT2D eigenvalue weighted by molar-refractivity contribution is 0.102. The van der Waals surface area contributed by atoms with Crippen molar-refractivity contribution in [2.45, 2.75) is 19.9 Å². The summed E-state index contributed by atoms with van der Waals surface area (Å²) in [5.74, 6) is -1.25. The fraction of sp³-hybridized carbons (Fsp3) is 0.250. The van der Waals surface area contributed by atoms with E-state index in [4.69, 9.17) is 16.3 Å². The normalized spacial score (nSPS) is 12.9. The molecule has 0 aliphatic carbocycles. The van der Waals surface area contributed by atoms with E-state index in [1.54, 1.807) is 13.0 Å². The van der Waals surface area contributed by atoms with Gasteiger partial charge in [-0.3, -0.25) is 15.1 Å². The molecular weight excluding hydrogens is 461 g/mol. The van der Waals surface area contributed by atoms with Crippen LogP contribution in [0.2, 0.25) is 5.15 Å². The Hall–Kier alpha value is -3.31. The standard InChI is InChI=1S/C20H17ClFN5O4S/c1-9-5-10(15-13(31-2)7-24-17(21)16(15)22)11(6-23-9)18(28)26-19-25-12-3-4-27(20(29)30)8-14(12)32-19/h5-7H,3-4,8H2,1-2H3,(H,29,30)(H,25,26,28). The lowest BCUT2D eigenvalue weighted by Crippen LogP contribution is -2.34. The number of aryl methyl sites for hydroxylation is 1. The highest BCUT2D eigenvalue weighted by atomic mass is 35.5. The first kappa shape index (κ1) is 21.9. The minimum atomic E-state index is -1.00. The molecule has 2 amide bonds. The molecule has 0 spiro atoms. The van der Waals surface area contributed by atoms with Gasteiger partial charge in [0.1, 0.15) is 5.75 Å². The number of anilines is 1. The maximum absolute atomic E-state index is 14.9. The van der Waals surface area contributed by atoms with E-state index < -0.39 is 17.8 Å². The molecular formula is C20H17ClFN5O4S. The molecule has 1 aliphatic heterocycles. The Morgan fingerprint density at radius 1 is 1.34 bits per heavy atom. The van der Waals surface area contributed by atoms with E-state index in [1.807, 2.05) is 0 Å². The molecule has 9 nitrogen and oxygen atoms in total. The largest absolute Gasteiger partial charge is 0.494 e. The Morgan fingerprint density at radius 2 is 2.12 bits per heavy atom. The summed E-state index contributed by atoms with van der Waals surface area (Å²) in [6.45, 7) is 2.27. The molecule has 0 saturated heterocycles. The number of hydrogen-bond donors (Lipinski definition) is 2. The number of pyridine rings is 2. The average molecular weight is 478 g/mol. The van der Waals surface area contributed by atoms with E-state index >= 15 is 0 Å². The first-order valence-corrected chi connectivity index (χ1v) is 10.6. The summed E-state index contributed by atoms with van der Waals surface area (Å²) in [5, 5.41) is 11.9. The third-order valence-electron chi connectivity index (χ3n) is 4.94. The van der Waals surface area contributed by atoms with Gasteiger partial charge in [0.15, 0.2) is 16.1 Å². The number of aromatic nitrogens is 3. The lowest BCUT2D eigenvalue weighted by atomic mass is 10.00. The van der Waals surface area contributed by atoms with Crippen LogP contribution in [0.3, 0.4) is 0 Å². The summed E-state index contributed by atoms with van der Waals surface area (Å²) in [6, 6.07) is 1.56. The molecule has 3 aromatic rings. The Labute approximate surface area is 190 Å². The van der Waals surface area contributed by atoms with Crippen LogP contribution >= 0.6 is 22.9 Å². The van der Waals surface area contributed by atoms with Crippen LogP contribution in [0.5, 0.6) is 5.75 Å². The van der Waals surface area contributed by atoms with Crippen LogP contribution in [0.1, 0.15) is 26.6 Å². The monoisotopic (exact) mass is 477 g/mol. The van der Waals surface area contributed by atoms with Gasteiger partial charge in [-0.25, -0.2) is 19.2 Å². The van der Waals surface area contributed by atoms with Crippen LogP contribution in [0.25, 0.3) is 11.1 Å². The van der Waals surface area contributed by atoms with Crippen molar-refractivity contribution < 1.29 is 23.8 Å². The van der Waals surface area contributed by atoms with Crippen LogP contribution in [0.4, 0.5) is 14.3 Å². The molecule has 0 unspecified atom stereocenters. The van der Waals surface area contributed by atoms with Gasteiger partial charge in [-0.1, -0.05) is 22.9 Å². The number of amides is 2. The van der Waals surface area contributed by atoms with E-state index in [9.17, 15) is 19.1 Å². The van der Waals surface area contributed by atoms with E-state index in [2.05, 4.69) is 20.3 Å². The summed E-state index contributed by atoms with van der Waals surface area (Å²) >= 11 is 7.07. The van der Waals surface area contributed by atoms with Crippen LogP contribution < -0.4 is 10.1 Å². The second-order valence-electron chi connectivity index (χ2n) is 6.97. The Morgan fingerprint density at radius 3 is 2.84 bits per heavy atom. The van der Waals surface area contributed by atoms with Gasteiger partial charge in [-0.05, 0) is 13.0 Å². The van der Waals surface area contributed by atoms with Crippen LogP contribution in [0, 0.1) is 12.7 Å². The molecule has 12 heteroatoms. The third-order valence-corrected chi connectivity index (χ3v) is 6.20. The highest BCUT2D eigenvalue weighted by molar-refractivity contribution is 7.15. The van der Waals surface area contributed by atoms with Crippen LogP contribution in [-0.2, 0) is 13.0 Å². The summed E-state index contributed by atoms with van der Waals surface area (Å²) in [4.78, 5) is 38.7. The molecule has 3 aromatic heterocycles. The van der Waals surface area contributed by atoms with Crippen molar-refractivity contribution in [2.24, 2.45) is 0 Å². The van der Waals surface area contributed by atoms with Gasteiger partial charge in [-0.15, -0.1) is 0 Å². The number of carboxylic acid groups (broad SMARTS) is 1. The molecule has 32 heavy (non-hydrogen) atoms. The number of rotatable bonds is 4. The van der Waals surface area contributed by atoms with Gasteiger partial charge in [0.25, 0.3) is 5.91 Å². The lowest BCUT2D eigenvalue weighted by Gasteiger charge is -2.22. The quantitative estimate of drug-likeness (QED) is 0.545. The fourth-order valence-electron chi connectivity index (χ4n) is 3.38. The topological polar surface area (TPSA) is 118 Å².